The van der Waals surface area contributed by atoms with Crippen LogP contribution in [0.3, 0.4) is 0 Å². The molecule has 0 saturated heterocycles. The van der Waals surface area contributed by atoms with E-state index in [1.165, 1.54) is 19.2 Å². The van der Waals surface area contributed by atoms with Crippen LogP contribution in [-0.4, -0.2) is 55.4 Å². The van der Waals surface area contributed by atoms with Crippen LogP contribution >= 0.6 is 12.2 Å². The number of nitro benzene ring substituents is 1. The molecule has 4 rings (SSSR count). The number of anilines is 1. The van der Waals surface area contributed by atoms with Crippen molar-refractivity contribution in [1.29, 1.82) is 0 Å². The first-order valence-corrected chi connectivity index (χ1v) is 12.1. The third-order valence-corrected chi connectivity index (χ3v) is 6.61. The lowest BCUT2D eigenvalue weighted by molar-refractivity contribution is -0.384. The summed E-state index contributed by atoms with van der Waals surface area (Å²) in [7, 11) is 4.51. The molecule has 0 aromatic heterocycles. The summed E-state index contributed by atoms with van der Waals surface area (Å²) in [5.74, 6) is 1.39. The first-order valence-electron chi connectivity index (χ1n) is 11.7. The molecular weight excluding hydrogens is 510 g/mol. The van der Waals surface area contributed by atoms with Crippen LogP contribution in [0.1, 0.15) is 27.5 Å². The van der Waals surface area contributed by atoms with Crippen molar-refractivity contribution < 1.29 is 28.7 Å². The normalized spacial score (nSPS) is 14.2. The molecule has 1 heterocycles. The Balaban J connectivity index is 1.60. The van der Waals surface area contributed by atoms with Gasteiger partial charge in [-0.1, -0.05) is 0 Å². The number of methoxy groups -OCH3 is 3. The van der Waals surface area contributed by atoms with Gasteiger partial charge in [0.25, 0.3) is 5.69 Å². The van der Waals surface area contributed by atoms with Gasteiger partial charge in [0.1, 0.15) is 12.4 Å². The monoisotopic (exact) mass is 537 g/mol. The number of carbonyl (C=O) groups is 1. The third kappa shape index (κ3) is 5.78. The highest BCUT2D eigenvalue weighted by Gasteiger charge is 2.31. The molecule has 10 nitrogen and oxygen atoms in total. The summed E-state index contributed by atoms with van der Waals surface area (Å²) in [5, 5.41) is 14.6. The van der Waals surface area contributed by atoms with Crippen molar-refractivity contribution in [3.8, 4) is 17.2 Å². The topological polar surface area (TPSA) is 112 Å². The van der Waals surface area contributed by atoms with E-state index in [4.69, 9.17) is 31.2 Å². The predicted octanol–water partition coefficient (Wildman–Crippen LogP) is 4.77. The molecule has 3 aromatic carbocycles. The summed E-state index contributed by atoms with van der Waals surface area (Å²) < 4.78 is 21.9. The largest absolute Gasteiger partial charge is 0.493 e. The minimum Gasteiger partial charge on any atom is -0.493 e. The minimum absolute atomic E-state index is 0.00101. The molecule has 38 heavy (non-hydrogen) atoms. The number of benzene rings is 3. The van der Waals surface area contributed by atoms with E-state index < -0.39 is 10.9 Å². The fourth-order valence-corrected chi connectivity index (χ4v) is 4.63. The maximum absolute atomic E-state index is 11.8. The first-order chi connectivity index (χ1) is 18.3. The summed E-state index contributed by atoms with van der Waals surface area (Å²) in [6.45, 7) is 0.860. The Bertz CT molecular complexity index is 1330. The zero-order valence-electron chi connectivity index (χ0n) is 21.1. The summed E-state index contributed by atoms with van der Waals surface area (Å²) >= 11 is 5.76. The van der Waals surface area contributed by atoms with Gasteiger partial charge in [-0.15, -0.1) is 0 Å². The van der Waals surface area contributed by atoms with Gasteiger partial charge in [-0.2, -0.15) is 0 Å². The second-order valence-corrected chi connectivity index (χ2v) is 8.81. The summed E-state index contributed by atoms with van der Waals surface area (Å²) in [6, 6.07) is 16.4. The summed E-state index contributed by atoms with van der Waals surface area (Å²) in [4.78, 5) is 24.3. The quantitative estimate of drug-likeness (QED) is 0.187. The van der Waals surface area contributed by atoms with E-state index in [0.717, 1.165) is 11.1 Å². The summed E-state index contributed by atoms with van der Waals surface area (Å²) in [5.41, 5.74) is 3.13. The standard InChI is InChI=1S/C27H27N3O7S/c1-34-24-14-18-12-13-29(27(38)28-19-6-8-20(9-7-19)30(32)33)23(22(18)15-25(24)35-2)16-37-21-10-4-17(5-11-21)26(31)36-3/h4-11,14-15,23H,12-13,16H2,1-3H3,(H,28,38)/t23-/m1/s1. The van der Waals surface area contributed by atoms with Crippen LogP contribution in [0.15, 0.2) is 60.7 Å². The molecule has 1 atom stereocenters. The van der Waals surface area contributed by atoms with Crippen molar-refractivity contribution in [2.45, 2.75) is 12.5 Å². The van der Waals surface area contributed by atoms with Crippen molar-refractivity contribution in [3.05, 3.63) is 87.5 Å². The number of nitro groups is 1. The number of non-ortho nitro benzene ring substituents is 1. The zero-order chi connectivity index (χ0) is 27.2. The fourth-order valence-electron chi connectivity index (χ4n) is 4.29. The van der Waals surface area contributed by atoms with Gasteiger partial charge in [0.15, 0.2) is 16.6 Å². The molecule has 0 amide bonds. The van der Waals surface area contributed by atoms with E-state index in [-0.39, 0.29) is 18.3 Å². The zero-order valence-corrected chi connectivity index (χ0v) is 21.9. The highest BCUT2D eigenvalue weighted by atomic mass is 32.1. The number of hydrogen-bond acceptors (Lipinski definition) is 8. The number of hydrogen-bond donors (Lipinski definition) is 1. The number of nitrogens with one attached hydrogen (secondary N) is 1. The Morgan fingerprint density at radius 3 is 2.32 bits per heavy atom. The molecule has 198 valence electrons. The van der Waals surface area contributed by atoms with Gasteiger partial charge >= 0.3 is 5.97 Å². The number of thiocarbonyl (C=S) groups is 1. The number of rotatable bonds is 8. The predicted molar refractivity (Wildman–Crippen MR) is 145 cm³/mol. The maximum atomic E-state index is 11.8. The lowest BCUT2D eigenvalue weighted by Crippen LogP contribution is -2.44. The summed E-state index contributed by atoms with van der Waals surface area (Å²) in [6.07, 6.45) is 0.710. The number of nitrogens with zero attached hydrogens (tertiary/aromatic N) is 2. The van der Waals surface area contributed by atoms with Gasteiger partial charge in [-0.25, -0.2) is 4.79 Å². The van der Waals surface area contributed by atoms with Crippen molar-refractivity contribution >= 4 is 34.7 Å². The number of esters is 1. The van der Waals surface area contributed by atoms with Crippen LogP contribution in [0, 0.1) is 10.1 Å². The Morgan fingerprint density at radius 1 is 1.05 bits per heavy atom. The van der Waals surface area contributed by atoms with E-state index in [1.807, 2.05) is 17.0 Å². The molecule has 3 aromatic rings. The highest BCUT2D eigenvalue weighted by Crippen LogP contribution is 2.38. The number of carbonyl (C=O) groups excluding carboxylic acids is 1. The molecule has 0 fully saturated rings. The Kier molecular flexibility index (Phi) is 8.27. The van der Waals surface area contributed by atoms with Crippen LogP contribution in [0.25, 0.3) is 0 Å². The maximum Gasteiger partial charge on any atom is 0.337 e. The molecule has 0 aliphatic carbocycles. The Hall–Kier alpha value is -4.38. The number of fused-ring (bicyclic) bond motifs is 1. The smallest absolute Gasteiger partial charge is 0.337 e. The van der Waals surface area contributed by atoms with Gasteiger partial charge in [0, 0.05) is 24.4 Å². The minimum atomic E-state index is -0.448. The highest BCUT2D eigenvalue weighted by molar-refractivity contribution is 7.80. The molecule has 11 heteroatoms. The molecule has 1 aliphatic rings. The van der Waals surface area contributed by atoms with E-state index in [2.05, 4.69) is 5.32 Å². The van der Waals surface area contributed by atoms with Gasteiger partial charge in [0.2, 0.25) is 0 Å². The van der Waals surface area contributed by atoms with E-state index in [9.17, 15) is 14.9 Å². The fraction of sp³-hybridized carbons (Fsp3) is 0.259. The van der Waals surface area contributed by atoms with Crippen LogP contribution in [-0.2, 0) is 11.2 Å². The first kappa shape index (κ1) is 26.7. The molecule has 0 bridgehead atoms. The van der Waals surface area contributed by atoms with Gasteiger partial charge in [0.05, 0.1) is 37.9 Å². The van der Waals surface area contributed by atoms with Crippen molar-refractivity contribution in [1.82, 2.24) is 4.90 Å². The molecule has 0 spiro atoms. The lowest BCUT2D eigenvalue weighted by Gasteiger charge is -2.39. The third-order valence-electron chi connectivity index (χ3n) is 6.28. The Morgan fingerprint density at radius 2 is 1.71 bits per heavy atom. The molecule has 1 N–H and O–H groups in total. The van der Waals surface area contributed by atoms with E-state index in [0.29, 0.717) is 46.6 Å². The van der Waals surface area contributed by atoms with Crippen molar-refractivity contribution in [2.24, 2.45) is 0 Å². The van der Waals surface area contributed by atoms with Gasteiger partial charge in [-0.05, 0) is 78.3 Å². The van der Waals surface area contributed by atoms with Crippen LogP contribution in [0.2, 0.25) is 0 Å². The van der Waals surface area contributed by atoms with Crippen LogP contribution in [0.5, 0.6) is 17.2 Å². The molecule has 0 saturated carbocycles. The van der Waals surface area contributed by atoms with Gasteiger partial charge in [-0.3, -0.25) is 10.1 Å². The van der Waals surface area contributed by atoms with Crippen LogP contribution in [0.4, 0.5) is 11.4 Å². The molecule has 0 radical (unpaired) electrons. The number of ether oxygens (including phenoxy) is 4. The molecule has 0 unspecified atom stereocenters. The van der Waals surface area contributed by atoms with E-state index >= 15 is 0 Å². The van der Waals surface area contributed by atoms with Crippen LogP contribution < -0.4 is 19.5 Å². The van der Waals surface area contributed by atoms with Crippen molar-refractivity contribution in [3.63, 3.8) is 0 Å². The lowest BCUT2D eigenvalue weighted by atomic mass is 9.92. The Labute approximate surface area is 225 Å². The SMILES string of the molecule is COC(=O)c1ccc(OC[C@@H]2c3cc(OC)c(OC)cc3CCN2C(=S)Nc2ccc([N+](=O)[O-])cc2)cc1. The molecule has 1 aliphatic heterocycles. The molecular formula is C27H27N3O7S. The van der Waals surface area contributed by atoms with Gasteiger partial charge < -0.3 is 29.2 Å². The van der Waals surface area contributed by atoms with Crippen molar-refractivity contribution in [2.75, 3.05) is 39.8 Å². The average Bonchev–Trinajstić information content (AvgIpc) is 2.95. The second kappa shape index (κ2) is 11.8. The van der Waals surface area contributed by atoms with E-state index in [1.54, 1.807) is 50.6 Å². The average molecular weight is 538 g/mol. The second-order valence-electron chi connectivity index (χ2n) is 8.43.